The molecule has 2 aromatic rings. The van der Waals surface area contributed by atoms with Crippen LogP contribution in [-0.2, 0) is 6.54 Å². The molecule has 0 radical (unpaired) electrons. The Morgan fingerprint density at radius 1 is 1.29 bits per heavy atom. The molecule has 0 saturated heterocycles. The molecule has 1 aliphatic rings. The Labute approximate surface area is 125 Å². The molecule has 1 aliphatic carbocycles. The van der Waals surface area contributed by atoms with Gasteiger partial charge in [-0.05, 0) is 56.7 Å². The monoisotopic (exact) mass is 289 g/mol. The van der Waals surface area contributed by atoms with E-state index in [1.807, 2.05) is 6.07 Å². The zero-order valence-corrected chi connectivity index (χ0v) is 12.7. The summed E-state index contributed by atoms with van der Waals surface area (Å²) in [7, 11) is 0. The van der Waals surface area contributed by atoms with Crippen LogP contribution in [0.3, 0.4) is 0 Å². The first-order chi connectivity index (χ1) is 10.2. The van der Waals surface area contributed by atoms with Crippen LogP contribution in [0.15, 0.2) is 18.2 Å². The number of aryl methyl sites for hydroxylation is 1. The summed E-state index contributed by atoms with van der Waals surface area (Å²) < 4.78 is 16.2. The minimum Gasteiger partial charge on any atom is -0.330 e. The van der Waals surface area contributed by atoms with E-state index in [0.717, 1.165) is 43.7 Å². The van der Waals surface area contributed by atoms with E-state index < -0.39 is 0 Å². The highest BCUT2D eigenvalue weighted by atomic mass is 19.1. The van der Waals surface area contributed by atoms with Gasteiger partial charge < -0.3 is 10.3 Å². The number of halogens is 1. The van der Waals surface area contributed by atoms with Gasteiger partial charge in [-0.25, -0.2) is 9.37 Å². The van der Waals surface area contributed by atoms with Crippen LogP contribution in [0.25, 0.3) is 11.0 Å². The van der Waals surface area contributed by atoms with Gasteiger partial charge in [-0.15, -0.1) is 0 Å². The zero-order chi connectivity index (χ0) is 14.8. The number of nitrogens with two attached hydrogens (primary N) is 1. The van der Waals surface area contributed by atoms with Gasteiger partial charge in [-0.2, -0.15) is 0 Å². The Morgan fingerprint density at radius 2 is 2.05 bits per heavy atom. The van der Waals surface area contributed by atoms with Gasteiger partial charge in [0.05, 0.1) is 5.52 Å². The van der Waals surface area contributed by atoms with Gasteiger partial charge in [0, 0.05) is 12.5 Å². The fourth-order valence-corrected chi connectivity index (χ4v) is 3.56. The third kappa shape index (κ3) is 2.69. The minimum absolute atomic E-state index is 0.209. The first kappa shape index (κ1) is 14.5. The van der Waals surface area contributed by atoms with Gasteiger partial charge in [0.1, 0.15) is 11.3 Å². The van der Waals surface area contributed by atoms with Crippen molar-refractivity contribution in [2.24, 2.45) is 11.7 Å². The van der Waals surface area contributed by atoms with E-state index in [2.05, 4.69) is 16.5 Å². The van der Waals surface area contributed by atoms with Crippen LogP contribution in [0.4, 0.5) is 4.39 Å². The van der Waals surface area contributed by atoms with E-state index in [1.165, 1.54) is 18.9 Å². The molecule has 0 amide bonds. The van der Waals surface area contributed by atoms with Crippen LogP contribution in [0.5, 0.6) is 0 Å². The van der Waals surface area contributed by atoms with E-state index in [-0.39, 0.29) is 5.82 Å². The molecule has 1 fully saturated rings. The number of fused-ring (bicyclic) bond motifs is 1. The Kier molecular flexibility index (Phi) is 4.24. The number of benzene rings is 1. The number of imidazole rings is 1. The minimum atomic E-state index is -0.209. The van der Waals surface area contributed by atoms with E-state index >= 15 is 0 Å². The largest absolute Gasteiger partial charge is 0.330 e. The van der Waals surface area contributed by atoms with Crippen molar-refractivity contribution in [1.29, 1.82) is 0 Å². The van der Waals surface area contributed by atoms with Gasteiger partial charge in [0.2, 0.25) is 0 Å². The van der Waals surface area contributed by atoms with Crippen molar-refractivity contribution in [3.05, 3.63) is 29.8 Å². The summed E-state index contributed by atoms with van der Waals surface area (Å²) in [4.78, 5) is 4.66. The topological polar surface area (TPSA) is 43.8 Å². The predicted molar refractivity (Wildman–Crippen MR) is 83.7 cm³/mol. The highest BCUT2D eigenvalue weighted by Crippen LogP contribution is 2.36. The lowest BCUT2D eigenvalue weighted by Crippen LogP contribution is -2.22. The molecule has 3 rings (SSSR count). The third-order valence-corrected chi connectivity index (χ3v) is 4.75. The van der Waals surface area contributed by atoms with Crippen molar-refractivity contribution in [1.82, 2.24) is 9.55 Å². The second-order valence-corrected chi connectivity index (χ2v) is 6.18. The number of hydrogen-bond acceptors (Lipinski definition) is 2. The van der Waals surface area contributed by atoms with Gasteiger partial charge in [-0.1, -0.05) is 13.0 Å². The molecule has 2 N–H and O–H groups in total. The molecule has 0 aliphatic heterocycles. The molecule has 0 bridgehead atoms. The maximum atomic E-state index is 14.0. The lowest BCUT2D eigenvalue weighted by Gasteiger charge is -2.27. The van der Waals surface area contributed by atoms with Crippen LogP contribution in [0.1, 0.15) is 50.8 Å². The first-order valence-electron chi connectivity index (χ1n) is 8.09. The number of nitrogens with zero attached hydrogens (tertiary/aromatic N) is 2. The van der Waals surface area contributed by atoms with E-state index in [9.17, 15) is 4.39 Å². The summed E-state index contributed by atoms with van der Waals surface area (Å²) in [6.07, 6.45) is 5.61. The number of aromatic nitrogens is 2. The fraction of sp³-hybridized carbons (Fsp3) is 0.588. The van der Waals surface area contributed by atoms with Gasteiger partial charge in [-0.3, -0.25) is 0 Å². The molecule has 0 spiro atoms. The van der Waals surface area contributed by atoms with Gasteiger partial charge in [0.15, 0.2) is 5.82 Å². The second kappa shape index (κ2) is 6.14. The smallest absolute Gasteiger partial charge is 0.151 e. The summed E-state index contributed by atoms with van der Waals surface area (Å²) in [6.45, 7) is 3.85. The maximum Gasteiger partial charge on any atom is 0.151 e. The molecule has 4 heteroatoms. The standard InChI is InChI=1S/C17H24FN3/c1-2-10-21-15-5-3-4-14(18)16(15)20-17(21)13-8-6-12(11-19)7-9-13/h3-5,12-13H,2,6-11,19H2,1H3. The average molecular weight is 289 g/mol. The molecule has 1 aromatic heterocycles. The van der Waals surface area contributed by atoms with Crippen molar-refractivity contribution in [2.45, 2.75) is 51.5 Å². The molecule has 1 aromatic carbocycles. The second-order valence-electron chi connectivity index (χ2n) is 6.18. The normalized spacial score (nSPS) is 22.8. The maximum absolute atomic E-state index is 14.0. The van der Waals surface area contributed by atoms with Crippen LogP contribution in [0.2, 0.25) is 0 Å². The Bertz CT molecular complexity index is 612. The molecular formula is C17H24FN3. The molecule has 1 heterocycles. The third-order valence-electron chi connectivity index (χ3n) is 4.75. The zero-order valence-electron chi connectivity index (χ0n) is 12.7. The number of hydrogen-bond donors (Lipinski definition) is 1. The van der Waals surface area contributed by atoms with Gasteiger partial charge >= 0.3 is 0 Å². The molecule has 3 nitrogen and oxygen atoms in total. The number of rotatable bonds is 4. The lowest BCUT2D eigenvalue weighted by molar-refractivity contribution is 0.321. The van der Waals surface area contributed by atoms with Crippen LogP contribution >= 0.6 is 0 Å². The Morgan fingerprint density at radius 3 is 2.71 bits per heavy atom. The molecule has 0 atom stereocenters. The van der Waals surface area contributed by atoms with Crippen molar-refractivity contribution >= 4 is 11.0 Å². The lowest BCUT2D eigenvalue weighted by atomic mass is 9.81. The summed E-state index contributed by atoms with van der Waals surface area (Å²) in [5, 5.41) is 0. The van der Waals surface area contributed by atoms with E-state index in [0.29, 0.717) is 17.4 Å². The van der Waals surface area contributed by atoms with Crippen LogP contribution in [0, 0.1) is 11.7 Å². The van der Waals surface area contributed by atoms with E-state index in [1.54, 1.807) is 6.07 Å². The molecule has 0 unspecified atom stereocenters. The molecule has 21 heavy (non-hydrogen) atoms. The highest BCUT2D eigenvalue weighted by molar-refractivity contribution is 5.76. The SMILES string of the molecule is CCCn1c(C2CCC(CN)CC2)nc2c(F)cccc21. The average Bonchev–Trinajstić information content (AvgIpc) is 2.88. The summed E-state index contributed by atoms with van der Waals surface area (Å²) in [6, 6.07) is 5.26. The first-order valence-corrected chi connectivity index (χ1v) is 8.09. The van der Waals surface area contributed by atoms with Crippen LogP contribution < -0.4 is 5.73 Å². The predicted octanol–water partition coefficient (Wildman–Crippen LogP) is 3.82. The van der Waals surface area contributed by atoms with E-state index in [4.69, 9.17) is 5.73 Å². The van der Waals surface area contributed by atoms with Crippen molar-refractivity contribution in [3.8, 4) is 0 Å². The van der Waals surface area contributed by atoms with Crippen LogP contribution in [-0.4, -0.2) is 16.1 Å². The van der Waals surface area contributed by atoms with Gasteiger partial charge in [0.25, 0.3) is 0 Å². The quantitative estimate of drug-likeness (QED) is 0.930. The van der Waals surface area contributed by atoms with Crippen molar-refractivity contribution in [3.63, 3.8) is 0 Å². The Hall–Kier alpha value is -1.42. The fourth-order valence-electron chi connectivity index (χ4n) is 3.56. The molecule has 114 valence electrons. The van der Waals surface area contributed by atoms with Crippen molar-refractivity contribution in [2.75, 3.05) is 6.54 Å². The summed E-state index contributed by atoms with van der Waals surface area (Å²) in [5.41, 5.74) is 7.24. The number of para-hydroxylation sites is 1. The summed E-state index contributed by atoms with van der Waals surface area (Å²) >= 11 is 0. The molecule has 1 saturated carbocycles. The molecular weight excluding hydrogens is 265 g/mol. The highest BCUT2D eigenvalue weighted by Gasteiger charge is 2.26. The Balaban J connectivity index is 1.97. The van der Waals surface area contributed by atoms with Crippen molar-refractivity contribution < 1.29 is 4.39 Å². The summed E-state index contributed by atoms with van der Waals surface area (Å²) in [5.74, 6) is 1.97.